The Morgan fingerprint density at radius 1 is 1.25 bits per heavy atom. The maximum absolute atomic E-state index is 12.2. The van der Waals surface area contributed by atoms with Crippen LogP contribution < -0.4 is 17.0 Å². The van der Waals surface area contributed by atoms with Gasteiger partial charge in [0.25, 0.3) is 5.56 Å². The number of anilines is 1. The molecule has 102 valence electrons. The average molecular weight is 271 g/mol. The van der Waals surface area contributed by atoms with Crippen molar-refractivity contribution in [1.82, 2.24) is 19.1 Å². The highest BCUT2D eigenvalue weighted by molar-refractivity contribution is 5.72. The molecule has 3 N–H and O–H groups in total. The fourth-order valence-electron chi connectivity index (χ4n) is 2.16. The molecular formula is C13H13N5O2. The molecule has 0 aliphatic heterocycles. The standard InChI is InChI=1S/C13H13N5O2/c1-17-11(19)9-10(16-12(14)15-9)18(13(17)20)7-8-5-3-2-4-6-8/h2-6H,7H2,1H3,(H3,14,15,16). The molecule has 2 heterocycles. The predicted molar refractivity (Wildman–Crippen MR) is 75.6 cm³/mol. The fraction of sp³-hybridized carbons (Fsp3) is 0.154. The summed E-state index contributed by atoms with van der Waals surface area (Å²) < 4.78 is 2.47. The van der Waals surface area contributed by atoms with E-state index in [4.69, 9.17) is 5.73 Å². The van der Waals surface area contributed by atoms with Crippen molar-refractivity contribution in [3.63, 3.8) is 0 Å². The third-order valence-corrected chi connectivity index (χ3v) is 3.18. The summed E-state index contributed by atoms with van der Waals surface area (Å²) in [4.78, 5) is 31.0. The summed E-state index contributed by atoms with van der Waals surface area (Å²) in [5.41, 5.74) is 6.20. The van der Waals surface area contributed by atoms with Crippen molar-refractivity contribution in [2.75, 3.05) is 5.73 Å². The molecule has 0 aliphatic carbocycles. The molecule has 0 aliphatic rings. The lowest BCUT2D eigenvalue weighted by molar-refractivity contribution is 0.669. The van der Waals surface area contributed by atoms with Crippen LogP contribution in [0.4, 0.5) is 5.95 Å². The first-order valence-electron chi connectivity index (χ1n) is 6.07. The number of nitrogens with zero attached hydrogens (tertiary/aromatic N) is 3. The highest BCUT2D eigenvalue weighted by atomic mass is 16.2. The van der Waals surface area contributed by atoms with E-state index in [0.717, 1.165) is 10.1 Å². The summed E-state index contributed by atoms with van der Waals surface area (Å²) in [6.07, 6.45) is 0. The van der Waals surface area contributed by atoms with Crippen LogP contribution in [0, 0.1) is 0 Å². The van der Waals surface area contributed by atoms with E-state index < -0.39 is 11.2 Å². The van der Waals surface area contributed by atoms with Gasteiger partial charge >= 0.3 is 5.69 Å². The zero-order chi connectivity index (χ0) is 14.3. The molecule has 0 saturated heterocycles. The summed E-state index contributed by atoms with van der Waals surface area (Å²) in [5, 5.41) is 0. The molecule has 0 atom stereocenters. The number of nitrogens with two attached hydrogens (primary N) is 1. The van der Waals surface area contributed by atoms with Crippen LogP contribution in [0.25, 0.3) is 11.2 Å². The minimum atomic E-state index is -0.432. The fourth-order valence-corrected chi connectivity index (χ4v) is 2.16. The molecule has 0 fully saturated rings. The Kier molecular flexibility index (Phi) is 2.67. The lowest BCUT2D eigenvalue weighted by atomic mass is 10.2. The topological polar surface area (TPSA) is 98.7 Å². The Morgan fingerprint density at radius 3 is 2.65 bits per heavy atom. The Labute approximate surface area is 113 Å². The highest BCUT2D eigenvalue weighted by Crippen LogP contribution is 2.09. The molecule has 3 aromatic rings. The number of hydrogen-bond donors (Lipinski definition) is 2. The van der Waals surface area contributed by atoms with E-state index in [0.29, 0.717) is 6.54 Å². The van der Waals surface area contributed by atoms with E-state index in [9.17, 15) is 9.59 Å². The zero-order valence-corrected chi connectivity index (χ0v) is 10.8. The third kappa shape index (κ3) is 1.80. The second kappa shape index (κ2) is 4.37. The number of imidazole rings is 1. The van der Waals surface area contributed by atoms with Crippen molar-refractivity contribution < 1.29 is 0 Å². The Morgan fingerprint density at radius 2 is 1.95 bits per heavy atom. The predicted octanol–water partition coefficient (Wildman–Crippen LogP) is 0.0538. The van der Waals surface area contributed by atoms with Gasteiger partial charge in [0.2, 0.25) is 0 Å². The molecule has 0 bridgehead atoms. The van der Waals surface area contributed by atoms with Crippen LogP contribution in [-0.2, 0) is 13.6 Å². The first-order valence-corrected chi connectivity index (χ1v) is 6.07. The Hall–Kier alpha value is -2.83. The molecule has 0 radical (unpaired) electrons. The van der Waals surface area contributed by atoms with Gasteiger partial charge in [0, 0.05) is 7.05 Å². The van der Waals surface area contributed by atoms with Crippen LogP contribution in [0.15, 0.2) is 39.9 Å². The van der Waals surface area contributed by atoms with E-state index in [1.54, 1.807) is 0 Å². The lowest BCUT2D eigenvalue weighted by Gasteiger charge is -2.08. The molecule has 0 saturated carbocycles. The lowest BCUT2D eigenvalue weighted by Crippen LogP contribution is -2.38. The molecule has 7 nitrogen and oxygen atoms in total. The van der Waals surface area contributed by atoms with Crippen molar-refractivity contribution in [3.05, 3.63) is 56.7 Å². The smallest absolute Gasteiger partial charge is 0.332 e. The van der Waals surface area contributed by atoms with Gasteiger partial charge in [-0.2, -0.15) is 4.98 Å². The molecule has 20 heavy (non-hydrogen) atoms. The zero-order valence-electron chi connectivity index (χ0n) is 10.8. The van der Waals surface area contributed by atoms with Crippen LogP contribution in [0.3, 0.4) is 0 Å². The second-order valence-electron chi connectivity index (χ2n) is 4.54. The van der Waals surface area contributed by atoms with Gasteiger partial charge in [-0.25, -0.2) is 4.79 Å². The number of H-pyrrole nitrogens is 1. The molecule has 3 rings (SSSR count). The van der Waals surface area contributed by atoms with E-state index in [1.165, 1.54) is 11.6 Å². The number of aromatic nitrogens is 4. The molecular weight excluding hydrogens is 258 g/mol. The Bertz CT molecular complexity index is 889. The number of rotatable bonds is 2. The van der Waals surface area contributed by atoms with Crippen molar-refractivity contribution >= 4 is 17.1 Å². The summed E-state index contributed by atoms with van der Waals surface area (Å²) in [5.74, 6) is 0.115. The van der Waals surface area contributed by atoms with Crippen molar-refractivity contribution in [3.8, 4) is 0 Å². The molecule has 0 amide bonds. The average Bonchev–Trinajstić information content (AvgIpc) is 2.84. The number of benzene rings is 1. The van der Waals surface area contributed by atoms with Crippen molar-refractivity contribution in [2.45, 2.75) is 6.54 Å². The highest BCUT2D eigenvalue weighted by Gasteiger charge is 2.14. The number of aromatic amines is 1. The van der Waals surface area contributed by atoms with E-state index in [2.05, 4.69) is 9.97 Å². The van der Waals surface area contributed by atoms with Gasteiger partial charge in [-0.05, 0) is 5.56 Å². The van der Waals surface area contributed by atoms with Gasteiger partial charge in [-0.15, -0.1) is 0 Å². The van der Waals surface area contributed by atoms with Crippen LogP contribution in [0.5, 0.6) is 0 Å². The quantitative estimate of drug-likeness (QED) is 0.688. The number of hydrogen-bond acceptors (Lipinski definition) is 4. The first kappa shape index (κ1) is 12.2. The third-order valence-electron chi connectivity index (χ3n) is 3.18. The molecule has 7 heteroatoms. The minimum Gasteiger partial charge on any atom is -0.369 e. The van der Waals surface area contributed by atoms with Crippen LogP contribution in [-0.4, -0.2) is 19.1 Å². The van der Waals surface area contributed by atoms with Crippen molar-refractivity contribution in [2.24, 2.45) is 7.05 Å². The van der Waals surface area contributed by atoms with E-state index >= 15 is 0 Å². The summed E-state index contributed by atoms with van der Waals surface area (Å²) in [6.45, 7) is 0.328. The van der Waals surface area contributed by atoms with Gasteiger partial charge < -0.3 is 10.7 Å². The van der Waals surface area contributed by atoms with Crippen LogP contribution >= 0.6 is 0 Å². The summed E-state index contributed by atoms with van der Waals surface area (Å²) >= 11 is 0. The number of nitrogen functional groups attached to an aromatic ring is 1. The van der Waals surface area contributed by atoms with Gasteiger partial charge in [0.15, 0.2) is 17.1 Å². The van der Waals surface area contributed by atoms with E-state index in [-0.39, 0.29) is 17.1 Å². The molecule has 1 aromatic carbocycles. The summed E-state index contributed by atoms with van der Waals surface area (Å²) in [6, 6.07) is 9.48. The van der Waals surface area contributed by atoms with E-state index in [1.807, 2.05) is 30.3 Å². The molecule has 0 spiro atoms. The monoisotopic (exact) mass is 271 g/mol. The first-order chi connectivity index (χ1) is 9.58. The van der Waals surface area contributed by atoms with Gasteiger partial charge in [0.1, 0.15) is 0 Å². The van der Waals surface area contributed by atoms with Gasteiger partial charge in [0.05, 0.1) is 6.54 Å². The largest absolute Gasteiger partial charge is 0.369 e. The van der Waals surface area contributed by atoms with Crippen molar-refractivity contribution in [1.29, 1.82) is 0 Å². The SMILES string of the molecule is Cn1c(=O)c2[nH]c(N)nc2n(Cc2ccccc2)c1=O. The number of nitrogens with one attached hydrogen (secondary N) is 1. The number of fused-ring (bicyclic) bond motifs is 1. The van der Waals surface area contributed by atoms with Gasteiger partial charge in [-0.3, -0.25) is 13.9 Å². The summed E-state index contributed by atoms with van der Waals surface area (Å²) in [7, 11) is 1.43. The second-order valence-corrected chi connectivity index (χ2v) is 4.54. The minimum absolute atomic E-state index is 0.115. The molecule has 2 aromatic heterocycles. The maximum Gasteiger partial charge on any atom is 0.332 e. The Balaban J connectivity index is 2.30. The van der Waals surface area contributed by atoms with Crippen LogP contribution in [0.1, 0.15) is 5.56 Å². The normalized spacial score (nSPS) is 11.1. The maximum atomic E-state index is 12.2. The van der Waals surface area contributed by atoms with Crippen LogP contribution in [0.2, 0.25) is 0 Å². The molecule has 0 unspecified atom stereocenters. The van der Waals surface area contributed by atoms with Gasteiger partial charge in [-0.1, -0.05) is 30.3 Å².